The minimum atomic E-state index is -0.102. The summed E-state index contributed by atoms with van der Waals surface area (Å²) in [5, 5.41) is 16.7. The maximum absolute atomic E-state index is 12.8. The number of carbonyl (C=O) groups excluding carboxylic acids is 1. The second-order valence-electron chi connectivity index (χ2n) is 8.28. The number of phenolic OH excluding ortho intramolecular Hbond substituents is 1. The number of rotatable bonds is 3. The van der Waals surface area contributed by atoms with Gasteiger partial charge in [-0.3, -0.25) is 4.79 Å². The van der Waals surface area contributed by atoms with E-state index in [4.69, 9.17) is 4.98 Å². The van der Waals surface area contributed by atoms with E-state index in [1.807, 2.05) is 0 Å². The molecule has 1 aromatic carbocycles. The third kappa shape index (κ3) is 2.67. The predicted molar refractivity (Wildman–Crippen MR) is 99.3 cm³/mol. The van der Waals surface area contributed by atoms with E-state index in [0.29, 0.717) is 28.4 Å². The smallest absolute Gasteiger partial charge is 0.253 e. The number of imidazole rings is 1. The van der Waals surface area contributed by atoms with Gasteiger partial charge in [-0.1, -0.05) is 6.42 Å². The van der Waals surface area contributed by atoms with Crippen molar-refractivity contribution < 1.29 is 9.90 Å². The number of nitrogens with zero attached hydrogens (tertiary/aromatic N) is 1. The lowest BCUT2D eigenvalue weighted by atomic mass is 9.88. The number of phenols is 1. The molecule has 6 nitrogen and oxygen atoms in total. The highest BCUT2D eigenvalue weighted by atomic mass is 16.3. The van der Waals surface area contributed by atoms with Gasteiger partial charge in [-0.05, 0) is 62.6 Å². The van der Waals surface area contributed by atoms with E-state index in [1.54, 1.807) is 12.1 Å². The van der Waals surface area contributed by atoms with Gasteiger partial charge in [0.25, 0.3) is 5.91 Å². The first-order valence-corrected chi connectivity index (χ1v) is 9.92. The fraction of sp³-hybridized carbons (Fsp3) is 0.600. The number of aromatic nitrogens is 2. The highest BCUT2D eigenvalue weighted by molar-refractivity contribution is 6.06. The van der Waals surface area contributed by atoms with Crippen LogP contribution < -0.4 is 10.6 Å². The molecule has 3 aliphatic rings. The molecule has 1 amide bonds. The minimum absolute atomic E-state index is 0.102. The molecule has 26 heavy (non-hydrogen) atoms. The van der Waals surface area contributed by atoms with Crippen molar-refractivity contribution in [3.63, 3.8) is 0 Å². The summed E-state index contributed by atoms with van der Waals surface area (Å²) in [4.78, 5) is 21.0. The Kier molecular flexibility index (Phi) is 3.89. The van der Waals surface area contributed by atoms with Crippen molar-refractivity contribution in [3.05, 3.63) is 23.5 Å². The average Bonchev–Trinajstić information content (AvgIpc) is 3.38. The molecule has 4 N–H and O–H groups in total. The van der Waals surface area contributed by atoms with Crippen molar-refractivity contribution in [1.29, 1.82) is 0 Å². The molecule has 0 radical (unpaired) electrons. The van der Waals surface area contributed by atoms with Crippen LogP contribution in [0.1, 0.15) is 60.6 Å². The number of hydrogen-bond donors (Lipinski definition) is 4. The molecule has 1 aromatic heterocycles. The van der Waals surface area contributed by atoms with Crippen LogP contribution in [-0.2, 0) is 0 Å². The topological polar surface area (TPSA) is 90.0 Å². The van der Waals surface area contributed by atoms with Crippen LogP contribution in [0, 0.1) is 11.8 Å². The monoisotopic (exact) mass is 354 g/mol. The number of carbonyl (C=O) groups is 1. The van der Waals surface area contributed by atoms with Crippen molar-refractivity contribution in [2.45, 2.75) is 50.5 Å². The van der Waals surface area contributed by atoms with E-state index >= 15 is 0 Å². The Hall–Kier alpha value is -2.08. The molecule has 0 spiro atoms. The van der Waals surface area contributed by atoms with Crippen molar-refractivity contribution in [2.24, 2.45) is 11.8 Å². The fourth-order valence-corrected chi connectivity index (χ4v) is 5.27. The lowest BCUT2D eigenvalue weighted by Crippen LogP contribution is -2.45. The molecular weight excluding hydrogens is 328 g/mol. The summed E-state index contributed by atoms with van der Waals surface area (Å²) in [6.07, 6.45) is 7.18. The lowest BCUT2D eigenvalue weighted by molar-refractivity contribution is 0.0932. The first kappa shape index (κ1) is 16.1. The van der Waals surface area contributed by atoms with Crippen molar-refractivity contribution >= 4 is 16.9 Å². The van der Waals surface area contributed by atoms with Gasteiger partial charge in [0.05, 0.1) is 5.56 Å². The number of hydrogen-bond acceptors (Lipinski definition) is 4. The number of nitrogens with one attached hydrogen (secondary N) is 3. The summed E-state index contributed by atoms with van der Waals surface area (Å²) in [6.45, 7) is 1.83. The minimum Gasteiger partial charge on any atom is -0.506 e. The highest BCUT2D eigenvalue weighted by Crippen LogP contribution is 2.52. The number of aromatic amines is 1. The normalized spacial score (nSPS) is 30.8. The van der Waals surface area contributed by atoms with Gasteiger partial charge in [0.15, 0.2) is 0 Å². The standard InChI is InChI=1S/C20H26N4O2/c25-16-6-5-14(20(26)22-13-2-1-7-21-10-13)17-18(16)24-19(23-17)15-9-11-3-4-12(15)8-11/h5-6,11-13,15,21,25H,1-4,7-10H2,(H,22,26)(H,23,24)/t11?,12?,13-,15-/m0/s1. The van der Waals surface area contributed by atoms with Crippen LogP contribution in [0.15, 0.2) is 12.1 Å². The second kappa shape index (κ2) is 6.27. The van der Waals surface area contributed by atoms with Crippen molar-refractivity contribution in [2.75, 3.05) is 13.1 Å². The zero-order chi connectivity index (χ0) is 17.7. The Labute approximate surface area is 152 Å². The van der Waals surface area contributed by atoms with E-state index in [2.05, 4.69) is 15.6 Å². The van der Waals surface area contributed by atoms with Crippen LogP contribution in [0.4, 0.5) is 0 Å². The van der Waals surface area contributed by atoms with Crippen LogP contribution in [0.3, 0.4) is 0 Å². The molecule has 3 fully saturated rings. The number of amides is 1. The van der Waals surface area contributed by atoms with Crippen LogP contribution in [0.5, 0.6) is 5.75 Å². The Morgan fingerprint density at radius 2 is 2.15 bits per heavy atom. The number of benzene rings is 1. The summed E-state index contributed by atoms with van der Waals surface area (Å²) >= 11 is 0. The molecule has 2 aliphatic carbocycles. The van der Waals surface area contributed by atoms with E-state index < -0.39 is 0 Å². The summed E-state index contributed by atoms with van der Waals surface area (Å²) in [7, 11) is 0. The van der Waals surface area contributed by atoms with Crippen molar-refractivity contribution in [1.82, 2.24) is 20.6 Å². The van der Waals surface area contributed by atoms with Crippen LogP contribution >= 0.6 is 0 Å². The summed E-state index contributed by atoms with van der Waals surface area (Å²) in [5.41, 5.74) is 1.75. The lowest BCUT2D eigenvalue weighted by Gasteiger charge is -2.23. The van der Waals surface area contributed by atoms with Gasteiger partial charge in [0, 0.05) is 18.5 Å². The quantitative estimate of drug-likeness (QED) is 0.682. The predicted octanol–water partition coefficient (Wildman–Crippen LogP) is 2.65. The van der Waals surface area contributed by atoms with E-state index in [1.165, 1.54) is 25.7 Å². The van der Waals surface area contributed by atoms with Gasteiger partial charge in [0.1, 0.15) is 22.6 Å². The van der Waals surface area contributed by atoms with E-state index in [0.717, 1.165) is 37.7 Å². The Morgan fingerprint density at radius 3 is 2.88 bits per heavy atom. The molecular formula is C20H26N4O2. The zero-order valence-corrected chi connectivity index (χ0v) is 14.9. The maximum atomic E-state index is 12.8. The Morgan fingerprint density at radius 1 is 1.23 bits per heavy atom. The fourth-order valence-electron chi connectivity index (χ4n) is 5.27. The summed E-state index contributed by atoms with van der Waals surface area (Å²) in [5.74, 6) is 2.98. The summed E-state index contributed by atoms with van der Waals surface area (Å²) in [6, 6.07) is 3.44. The van der Waals surface area contributed by atoms with Crippen LogP contribution in [0.25, 0.3) is 11.0 Å². The molecule has 2 heterocycles. The van der Waals surface area contributed by atoms with Gasteiger partial charge in [0.2, 0.25) is 0 Å². The van der Waals surface area contributed by atoms with Crippen molar-refractivity contribution in [3.8, 4) is 5.75 Å². The largest absolute Gasteiger partial charge is 0.506 e. The Balaban J connectivity index is 1.46. The second-order valence-corrected chi connectivity index (χ2v) is 8.28. The number of H-pyrrole nitrogens is 1. The molecule has 138 valence electrons. The van der Waals surface area contributed by atoms with E-state index in [-0.39, 0.29) is 17.7 Å². The van der Waals surface area contributed by atoms with E-state index in [9.17, 15) is 9.90 Å². The molecule has 1 aliphatic heterocycles. The number of fused-ring (bicyclic) bond motifs is 3. The third-order valence-electron chi connectivity index (χ3n) is 6.61. The average molecular weight is 354 g/mol. The molecule has 2 bridgehead atoms. The molecule has 4 atom stereocenters. The number of aromatic hydroxyl groups is 1. The maximum Gasteiger partial charge on any atom is 0.253 e. The third-order valence-corrected chi connectivity index (χ3v) is 6.61. The molecule has 5 rings (SSSR count). The Bertz CT molecular complexity index is 840. The molecule has 1 saturated heterocycles. The van der Waals surface area contributed by atoms with Gasteiger partial charge in [-0.2, -0.15) is 0 Å². The molecule has 2 unspecified atom stereocenters. The number of piperidine rings is 1. The zero-order valence-electron chi connectivity index (χ0n) is 14.9. The van der Waals surface area contributed by atoms with Crippen LogP contribution in [-0.4, -0.2) is 40.1 Å². The summed E-state index contributed by atoms with van der Waals surface area (Å²) < 4.78 is 0. The van der Waals surface area contributed by atoms with Crippen LogP contribution in [0.2, 0.25) is 0 Å². The van der Waals surface area contributed by atoms with Gasteiger partial charge >= 0.3 is 0 Å². The molecule has 2 saturated carbocycles. The van der Waals surface area contributed by atoms with Gasteiger partial charge in [-0.15, -0.1) is 0 Å². The van der Waals surface area contributed by atoms with Gasteiger partial charge in [-0.25, -0.2) is 4.98 Å². The SMILES string of the molecule is O=C(N[C@H]1CCCNC1)c1ccc(O)c2[nH]c([C@H]3CC4CCC3C4)nc12. The molecule has 2 aromatic rings. The van der Waals surface area contributed by atoms with Gasteiger partial charge < -0.3 is 20.7 Å². The molecule has 6 heteroatoms. The highest BCUT2D eigenvalue weighted by Gasteiger charge is 2.41. The first-order valence-electron chi connectivity index (χ1n) is 9.92. The first-order chi connectivity index (χ1) is 12.7.